The van der Waals surface area contributed by atoms with E-state index in [4.69, 9.17) is 15.2 Å². The molecule has 3 heterocycles. The number of hydrogen-bond acceptors (Lipinski definition) is 6. The predicted octanol–water partition coefficient (Wildman–Crippen LogP) is 2.87. The summed E-state index contributed by atoms with van der Waals surface area (Å²) in [7, 11) is 3.16. The number of fused-ring (bicyclic) bond motifs is 1. The number of carbonyl (C=O) groups excluding carboxylic acids is 1. The molecule has 4 rings (SSSR count). The number of rotatable bonds is 4. The lowest BCUT2D eigenvalue weighted by Crippen LogP contribution is -2.27. The molecule has 3 aromatic rings. The average Bonchev–Trinajstić information content (AvgIpc) is 3.48. The lowest BCUT2D eigenvalue weighted by Gasteiger charge is -2.16. The fourth-order valence-electron chi connectivity index (χ4n) is 4.10. The third-order valence-electron chi connectivity index (χ3n) is 5.73. The summed E-state index contributed by atoms with van der Waals surface area (Å²) in [5, 5.41) is 10.3. The smallest absolute Gasteiger partial charge is 0.246 e. The first-order valence-corrected chi connectivity index (χ1v) is 10.3. The highest BCUT2D eigenvalue weighted by molar-refractivity contribution is 5.98. The number of nitrogen functional groups attached to an aromatic ring is 1. The molecule has 1 aliphatic heterocycles. The minimum atomic E-state index is -0.109. The van der Waals surface area contributed by atoms with E-state index in [0.717, 1.165) is 6.42 Å². The van der Waals surface area contributed by atoms with E-state index in [0.29, 0.717) is 58.0 Å². The van der Waals surface area contributed by atoms with Crippen molar-refractivity contribution >= 4 is 22.6 Å². The molecule has 0 bridgehead atoms. The summed E-state index contributed by atoms with van der Waals surface area (Å²) in [6.07, 6.45) is 5.43. The summed E-state index contributed by atoms with van der Waals surface area (Å²) in [6.45, 7) is 4.70. The Kier molecular flexibility index (Phi) is 5.93. The number of benzene rings is 1. The molecule has 0 aliphatic carbocycles. The summed E-state index contributed by atoms with van der Waals surface area (Å²) >= 11 is 0. The highest BCUT2D eigenvalue weighted by Crippen LogP contribution is 2.34. The molecular weight excluding hydrogens is 418 g/mol. The van der Waals surface area contributed by atoms with Gasteiger partial charge in [-0.1, -0.05) is 18.4 Å². The Labute approximate surface area is 191 Å². The summed E-state index contributed by atoms with van der Waals surface area (Å²) in [5.41, 5.74) is 8.68. The Hall–Kier alpha value is -4.43. The predicted molar refractivity (Wildman–Crippen MR) is 125 cm³/mol. The maximum atomic E-state index is 12.1. The van der Waals surface area contributed by atoms with Crippen molar-refractivity contribution in [1.29, 1.82) is 5.26 Å². The third kappa shape index (κ3) is 4.07. The molecule has 1 aromatic carbocycles. The van der Waals surface area contributed by atoms with E-state index in [9.17, 15) is 10.1 Å². The molecule has 2 aromatic heterocycles. The molecule has 0 spiro atoms. The normalized spacial score (nSPS) is 14.9. The summed E-state index contributed by atoms with van der Waals surface area (Å²) in [6, 6.07) is 7.59. The average molecular weight is 441 g/mol. The van der Waals surface area contributed by atoms with E-state index in [2.05, 4.69) is 29.5 Å². The number of anilines is 1. The van der Waals surface area contributed by atoms with Gasteiger partial charge in [-0.3, -0.25) is 4.79 Å². The van der Waals surface area contributed by atoms with Crippen molar-refractivity contribution in [2.24, 2.45) is 0 Å². The number of nitrogens with zero attached hydrogens (tertiary/aromatic N) is 4. The molecular formula is C25H23N5O3. The number of nitriles is 1. The maximum absolute atomic E-state index is 12.1. The molecule has 166 valence electrons. The van der Waals surface area contributed by atoms with E-state index in [1.165, 1.54) is 12.3 Å². The number of methoxy groups -OCH3 is 2. The van der Waals surface area contributed by atoms with Gasteiger partial charge in [0, 0.05) is 37.1 Å². The number of nitrogens with two attached hydrogens (primary N) is 1. The number of carbonyl (C=O) groups is 1. The molecule has 2 N–H and O–H groups in total. The van der Waals surface area contributed by atoms with Crippen LogP contribution in [0.4, 0.5) is 5.82 Å². The molecule has 1 fully saturated rings. The second kappa shape index (κ2) is 8.97. The van der Waals surface area contributed by atoms with Gasteiger partial charge in [0.05, 0.1) is 42.3 Å². The van der Waals surface area contributed by atoms with Gasteiger partial charge in [-0.05, 0) is 24.6 Å². The van der Waals surface area contributed by atoms with Gasteiger partial charge in [-0.25, -0.2) is 4.98 Å². The standard InChI is InChI=1S/C25H23N5O3/c1-4-22(31)29-8-7-19(15-29)30-14-17(23-24(30)18(12-26)13-28-25(23)27)6-5-16-9-20(32-2)11-21(10-16)33-3/h4,9-11,13-14,19H,1,7-8,15H2,2-3H3,(H2,27,28). The summed E-state index contributed by atoms with van der Waals surface area (Å²) < 4.78 is 12.6. The maximum Gasteiger partial charge on any atom is 0.246 e. The van der Waals surface area contributed by atoms with Gasteiger partial charge in [0.2, 0.25) is 5.91 Å². The van der Waals surface area contributed by atoms with E-state index < -0.39 is 0 Å². The highest BCUT2D eigenvalue weighted by atomic mass is 16.5. The number of hydrogen-bond donors (Lipinski definition) is 1. The molecule has 1 aliphatic rings. The van der Waals surface area contributed by atoms with Gasteiger partial charge in [0.1, 0.15) is 23.4 Å². The summed E-state index contributed by atoms with van der Waals surface area (Å²) in [4.78, 5) is 18.0. The number of amides is 1. The first kappa shape index (κ1) is 21.8. The first-order valence-electron chi connectivity index (χ1n) is 10.3. The first-order chi connectivity index (χ1) is 16.0. The second-order valence-corrected chi connectivity index (χ2v) is 7.62. The van der Waals surface area contributed by atoms with Crippen LogP contribution in [-0.4, -0.2) is 47.7 Å². The van der Waals surface area contributed by atoms with Gasteiger partial charge in [-0.2, -0.15) is 5.26 Å². The SMILES string of the molecule is C=CC(=O)N1CCC(n2cc(C#Cc3cc(OC)cc(OC)c3)c3c(N)ncc(C#N)c32)C1. The van der Waals surface area contributed by atoms with Crippen molar-refractivity contribution in [2.45, 2.75) is 12.5 Å². The van der Waals surface area contributed by atoms with Crippen molar-refractivity contribution in [3.63, 3.8) is 0 Å². The third-order valence-corrected chi connectivity index (χ3v) is 5.73. The fourth-order valence-corrected chi connectivity index (χ4v) is 4.10. The Bertz CT molecular complexity index is 1330. The van der Waals surface area contributed by atoms with Crippen LogP contribution >= 0.6 is 0 Å². The van der Waals surface area contributed by atoms with Crippen LogP contribution in [0.2, 0.25) is 0 Å². The van der Waals surface area contributed by atoms with Crippen LogP contribution < -0.4 is 15.2 Å². The van der Waals surface area contributed by atoms with Crippen molar-refractivity contribution < 1.29 is 14.3 Å². The van der Waals surface area contributed by atoms with Crippen molar-refractivity contribution in [2.75, 3.05) is 33.0 Å². The lowest BCUT2D eigenvalue weighted by atomic mass is 10.1. The Morgan fingerprint density at radius 1 is 1.24 bits per heavy atom. The van der Waals surface area contributed by atoms with E-state index in [-0.39, 0.29) is 11.9 Å². The number of ether oxygens (including phenoxy) is 2. The van der Waals surface area contributed by atoms with Gasteiger partial charge in [0.15, 0.2) is 0 Å². The Morgan fingerprint density at radius 3 is 2.61 bits per heavy atom. The van der Waals surface area contributed by atoms with Crippen LogP contribution in [0.1, 0.15) is 29.2 Å². The molecule has 1 amide bonds. The molecule has 1 atom stereocenters. The van der Waals surface area contributed by atoms with Crippen LogP contribution in [0.3, 0.4) is 0 Å². The van der Waals surface area contributed by atoms with Gasteiger partial charge < -0.3 is 24.7 Å². The molecule has 0 saturated carbocycles. The number of pyridine rings is 1. The minimum Gasteiger partial charge on any atom is -0.497 e. The van der Waals surface area contributed by atoms with Crippen LogP contribution in [0, 0.1) is 23.2 Å². The highest BCUT2D eigenvalue weighted by Gasteiger charge is 2.29. The summed E-state index contributed by atoms with van der Waals surface area (Å²) in [5.74, 6) is 7.77. The zero-order valence-electron chi connectivity index (χ0n) is 18.5. The Morgan fingerprint density at radius 2 is 1.97 bits per heavy atom. The van der Waals surface area contributed by atoms with E-state index >= 15 is 0 Å². The van der Waals surface area contributed by atoms with Crippen molar-refractivity contribution in [1.82, 2.24) is 14.5 Å². The molecule has 8 heteroatoms. The number of likely N-dealkylation sites (tertiary alicyclic amines) is 1. The molecule has 1 saturated heterocycles. The lowest BCUT2D eigenvalue weighted by molar-refractivity contribution is -0.125. The van der Waals surface area contributed by atoms with Crippen LogP contribution in [0.25, 0.3) is 10.9 Å². The van der Waals surface area contributed by atoms with Gasteiger partial charge in [-0.15, -0.1) is 0 Å². The molecule has 1 unspecified atom stereocenters. The van der Waals surface area contributed by atoms with Crippen LogP contribution in [0.15, 0.2) is 43.2 Å². The monoisotopic (exact) mass is 441 g/mol. The zero-order valence-corrected chi connectivity index (χ0v) is 18.5. The van der Waals surface area contributed by atoms with Crippen LogP contribution in [-0.2, 0) is 4.79 Å². The fraction of sp³-hybridized carbons (Fsp3) is 0.240. The zero-order chi connectivity index (χ0) is 23.5. The van der Waals surface area contributed by atoms with E-state index in [1.807, 2.05) is 22.9 Å². The van der Waals surface area contributed by atoms with Crippen molar-refractivity contribution in [3.05, 3.63) is 59.9 Å². The van der Waals surface area contributed by atoms with Crippen LogP contribution in [0.5, 0.6) is 11.5 Å². The van der Waals surface area contributed by atoms with Gasteiger partial charge in [0.25, 0.3) is 0 Å². The quantitative estimate of drug-likeness (QED) is 0.493. The largest absolute Gasteiger partial charge is 0.497 e. The minimum absolute atomic E-state index is 0.0160. The Balaban J connectivity index is 1.83. The number of aromatic nitrogens is 2. The van der Waals surface area contributed by atoms with Crippen molar-refractivity contribution in [3.8, 4) is 29.4 Å². The molecule has 0 radical (unpaired) electrons. The van der Waals surface area contributed by atoms with E-state index in [1.54, 1.807) is 25.2 Å². The molecule has 33 heavy (non-hydrogen) atoms. The second-order valence-electron chi connectivity index (χ2n) is 7.62. The topological polar surface area (TPSA) is 106 Å². The molecule has 8 nitrogen and oxygen atoms in total. The van der Waals surface area contributed by atoms with Gasteiger partial charge >= 0.3 is 0 Å².